The van der Waals surface area contributed by atoms with Gasteiger partial charge in [-0.05, 0) is 62.9 Å². The highest BCUT2D eigenvalue weighted by atomic mass is 32.2. The lowest BCUT2D eigenvalue weighted by atomic mass is 10.1. The maximum absolute atomic E-state index is 13.5. The second-order valence-corrected chi connectivity index (χ2v) is 9.60. The van der Waals surface area contributed by atoms with Gasteiger partial charge in [0.2, 0.25) is 11.7 Å². The van der Waals surface area contributed by atoms with Crippen LogP contribution in [-0.2, 0) is 4.79 Å². The van der Waals surface area contributed by atoms with Gasteiger partial charge in [0.15, 0.2) is 5.16 Å². The van der Waals surface area contributed by atoms with E-state index in [1.54, 1.807) is 4.57 Å². The van der Waals surface area contributed by atoms with E-state index < -0.39 is 0 Å². The lowest BCUT2D eigenvalue weighted by Gasteiger charge is -2.19. The molecule has 0 saturated carbocycles. The van der Waals surface area contributed by atoms with Gasteiger partial charge in [0.05, 0.1) is 21.8 Å². The van der Waals surface area contributed by atoms with Crippen LogP contribution in [0.1, 0.15) is 30.9 Å². The van der Waals surface area contributed by atoms with Gasteiger partial charge in [0, 0.05) is 13.1 Å². The molecule has 5 rings (SSSR count). The molecule has 1 amide bonds. The van der Waals surface area contributed by atoms with E-state index in [9.17, 15) is 9.59 Å². The molecule has 1 unspecified atom stereocenters. The summed E-state index contributed by atoms with van der Waals surface area (Å²) >= 11 is 1.39. The van der Waals surface area contributed by atoms with Gasteiger partial charge in [0.1, 0.15) is 0 Å². The number of aromatic nitrogens is 4. The minimum absolute atomic E-state index is 0.122. The van der Waals surface area contributed by atoms with Crippen LogP contribution < -0.4 is 5.56 Å². The zero-order valence-corrected chi connectivity index (χ0v) is 19.2. The van der Waals surface area contributed by atoms with Crippen molar-refractivity contribution in [2.45, 2.75) is 44.0 Å². The van der Waals surface area contributed by atoms with Crippen molar-refractivity contribution in [1.82, 2.24) is 24.1 Å². The molecule has 0 N–H and O–H groups in total. The van der Waals surface area contributed by atoms with Gasteiger partial charge in [-0.3, -0.25) is 14.0 Å². The molecular formula is C24H25N5O2S. The van der Waals surface area contributed by atoms with Gasteiger partial charge in [-0.25, -0.2) is 4.57 Å². The predicted molar refractivity (Wildman–Crippen MR) is 127 cm³/mol. The third-order valence-electron chi connectivity index (χ3n) is 6.26. The lowest BCUT2D eigenvalue weighted by molar-refractivity contribution is -0.129. The first kappa shape index (κ1) is 20.8. The highest BCUT2D eigenvalue weighted by molar-refractivity contribution is 8.00. The quantitative estimate of drug-likeness (QED) is 0.446. The van der Waals surface area contributed by atoms with Crippen LogP contribution in [0, 0.1) is 13.8 Å². The monoisotopic (exact) mass is 447 g/mol. The Morgan fingerprint density at radius 1 is 1.03 bits per heavy atom. The molecule has 164 valence electrons. The number of likely N-dealkylation sites (tertiary alicyclic amines) is 1. The van der Waals surface area contributed by atoms with Crippen LogP contribution in [0.5, 0.6) is 0 Å². The average Bonchev–Trinajstić information content (AvgIpc) is 3.47. The number of rotatable bonds is 4. The number of amides is 1. The molecule has 2 aromatic carbocycles. The summed E-state index contributed by atoms with van der Waals surface area (Å²) in [5.74, 6) is 0.571. The Morgan fingerprint density at radius 2 is 1.78 bits per heavy atom. The number of nitrogens with zero attached hydrogens (tertiary/aromatic N) is 5. The fraction of sp³-hybridized carbons (Fsp3) is 0.333. The van der Waals surface area contributed by atoms with Gasteiger partial charge in [-0.2, -0.15) is 0 Å². The molecule has 0 spiro atoms. The third-order valence-corrected chi connectivity index (χ3v) is 7.29. The average molecular weight is 448 g/mol. The fourth-order valence-electron chi connectivity index (χ4n) is 4.35. The van der Waals surface area contributed by atoms with Crippen LogP contribution in [0.15, 0.2) is 52.4 Å². The van der Waals surface area contributed by atoms with Crippen molar-refractivity contribution in [2.75, 3.05) is 13.1 Å². The van der Waals surface area contributed by atoms with E-state index in [0.29, 0.717) is 16.3 Å². The van der Waals surface area contributed by atoms with Crippen molar-refractivity contribution in [3.05, 3.63) is 63.9 Å². The number of hydrogen-bond acceptors (Lipinski definition) is 5. The summed E-state index contributed by atoms with van der Waals surface area (Å²) in [6.07, 6.45) is 2.12. The van der Waals surface area contributed by atoms with E-state index in [4.69, 9.17) is 0 Å². The Hall–Kier alpha value is -3.13. The molecule has 1 aliphatic heterocycles. The molecule has 2 aromatic heterocycles. The maximum Gasteiger partial charge on any atom is 0.267 e. The van der Waals surface area contributed by atoms with Crippen molar-refractivity contribution in [1.29, 1.82) is 0 Å². The molecule has 0 aliphatic carbocycles. The number of fused-ring (bicyclic) bond motifs is 3. The van der Waals surface area contributed by atoms with E-state index in [1.807, 2.05) is 72.5 Å². The van der Waals surface area contributed by atoms with Crippen molar-refractivity contribution < 1.29 is 4.79 Å². The number of hydrogen-bond donors (Lipinski definition) is 0. The van der Waals surface area contributed by atoms with Crippen molar-refractivity contribution in [2.24, 2.45) is 0 Å². The summed E-state index contributed by atoms with van der Waals surface area (Å²) in [5, 5.41) is 9.74. The van der Waals surface area contributed by atoms with Crippen LogP contribution in [0.25, 0.3) is 22.4 Å². The first-order valence-electron chi connectivity index (χ1n) is 10.9. The van der Waals surface area contributed by atoms with Crippen molar-refractivity contribution in [3.63, 3.8) is 0 Å². The first-order valence-corrected chi connectivity index (χ1v) is 11.8. The summed E-state index contributed by atoms with van der Waals surface area (Å²) in [5.41, 5.74) is 3.51. The maximum atomic E-state index is 13.5. The summed E-state index contributed by atoms with van der Waals surface area (Å²) in [6.45, 7) is 7.58. The van der Waals surface area contributed by atoms with Gasteiger partial charge in [-0.15, -0.1) is 10.2 Å². The lowest BCUT2D eigenvalue weighted by Crippen LogP contribution is -2.34. The summed E-state index contributed by atoms with van der Waals surface area (Å²) in [7, 11) is 0. The van der Waals surface area contributed by atoms with Gasteiger partial charge < -0.3 is 4.90 Å². The number of carbonyl (C=O) groups excluding carboxylic acids is 1. The molecule has 8 heteroatoms. The summed E-state index contributed by atoms with van der Waals surface area (Å²) in [4.78, 5) is 28.3. The summed E-state index contributed by atoms with van der Waals surface area (Å²) in [6, 6.07) is 13.4. The van der Waals surface area contributed by atoms with Gasteiger partial charge in [0.25, 0.3) is 5.56 Å². The SMILES string of the molecule is Cc1cccc(-n2c(=O)c3ccccc3n3c(SC(C)C(=O)N4CCCC4)nnc23)c1C. The van der Waals surface area contributed by atoms with Gasteiger partial charge >= 0.3 is 0 Å². The van der Waals surface area contributed by atoms with Crippen LogP contribution in [-0.4, -0.2) is 48.3 Å². The second-order valence-electron chi connectivity index (χ2n) is 8.29. The Morgan fingerprint density at radius 3 is 2.56 bits per heavy atom. The minimum Gasteiger partial charge on any atom is -0.342 e. The molecule has 7 nitrogen and oxygen atoms in total. The molecule has 1 saturated heterocycles. The molecule has 32 heavy (non-hydrogen) atoms. The molecule has 0 radical (unpaired) electrons. The molecule has 1 atom stereocenters. The van der Waals surface area contributed by atoms with E-state index >= 15 is 0 Å². The van der Waals surface area contributed by atoms with Gasteiger partial charge in [-0.1, -0.05) is 36.0 Å². The topological polar surface area (TPSA) is 72.5 Å². The van der Waals surface area contributed by atoms with Crippen molar-refractivity contribution >= 4 is 34.3 Å². The van der Waals surface area contributed by atoms with Crippen LogP contribution in [0.2, 0.25) is 0 Å². The van der Waals surface area contributed by atoms with Crippen LogP contribution >= 0.6 is 11.8 Å². The zero-order chi connectivity index (χ0) is 22.4. The highest BCUT2D eigenvalue weighted by Crippen LogP contribution is 2.28. The zero-order valence-electron chi connectivity index (χ0n) is 18.4. The molecule has 1 fully saturated rings. The van der Waals surface area contributed by atoms with Crippen LogP contribution in [0.3, 0.4) is 0 Å². The molecule has 1 aliphatic rings. The largest absolute Gasteiger partial charge is 0.342 e. The molecular weight excluding hydrogens is 422 g/mol. The first-order chi connectivity index (χ1) is 15.5. The summed E-state index contributed by atoms with van der Waals surface area (Å²) < 4.78 is 3.53. The van der Waals surface area contributed by atoms with E-state index in [1.165, 1.54) is 11.8 Å². The Labute approximate surface area is 190 Å². The van der Waals surface area contributed by atoms with Crippen molar-refractivity contribution in [3.8, 4) is 5.69 Å². The number of carbonyl (C=O) groups is 1. The Bertz CT molecular complexity index is 1400. The molecule has 0 bridgehead atoms. The van der Waals surface area contributed by atoms with Crippen LogP contribution in [0.4, 0.5) is 0 Å². The third kappa shape index (κ3) is 3.30. The Kier molecular flexibility index (Phi) is 5.25. The standard InChI is InChI=1S/C24H25N5O2S/c1-15-9-8-12-19(16(15)2)28-22(31)18-10-4-5-11-20(18)29-23(28)25-26-24(29)32-17(3)21(30)27-13-6-7-14-27/h4-5,8-12,17H,6-7,13-14H2,1-3H3. The predicted octanol–water partition coefficient (Wildman–Crippen LogP) is 3.75. The number of thioether (sulfide) groups is 1. The highest BCUT2D eigenvalue weighted by Gasteiger charge is 2.27. The smallest absolute Gasteiger partial charge is 0.267 e. The van der Waals surface area contributed by atoms with E-state index in [2.05, 4.69) is 10.2 Å². The second kappa shape index (κ2) is 8.09. The van der Waals surface area contributed by atoms with E-state index in [-0.39, 0.29) is 16.7 Å². The molecule has 4 aromatic rings. The van der Waals surface area contributed by atoms with E-state index in [0.717, 1.165) is 48.3 Å². The number of aryl methyl sites for hydroxylation is 1. The fourth-order valence-corrected chi connectivity index (χ4v) is 5.29. The molecule has 3 heterocycles. The number of para-hydroxylation sites is 1. The minimum atomic E-state index is -0.291. The Balaban J connectivity index is 1.70. The normalized spacial score (nSPS) is 15.0. The number of benzene rings is 2.